The summed E-state index contributed by atoms with van der Waals surface area (Å²) in [5.41, 5.74) is -0.418. The number of rotatable bonds is 21. The van der Waals surface area contributed by atoms with E-state index in [1.54, 1.807) is 42.5 Å². The molecule has 0 spiro atoms. The second kappa shape index (κ2) is 21.9. The number of aromatic hydroxyl groups is 1. The molecule has 4 rings (SSSR count). The number of hydrogen-bond acceptors (Lipinski definition) is 9. The number of para-hydroxylation sites is 1. The zero-order chi connectivity index (χ0) is 38.4. The molecule has 0 bridgehead atoms. The summed E-state index contributed by atoms with van der Waals surface area (Å²) in [6, 6.07) is 15.1. The number of nitrogens with zero attached hydrogens (tertiary/aromatic N) is 3. The van der Waals surface area contributed by atoms with Crippen LogP contribution in [0.4, 0.5) is 17.2 Å². The third-order valence-electron chi connectivity index (χ3n) is 8.72. The molecule has 4 aromatic rings. The van der Waals surface area contributed by atoms with Gasteiger partial charge in [0.05, 0.1) is 15.5 Å². The number of aromatic amines is 1. The number of azo groups is 1. The van der Waals surface area contributed by atoms with E-state index >= 15 is 0 Å². The van der Waals surface area contributed by atoms with Crippen molar-refractivity contribution in [2.75, 3.05) is 5.32 Å². The van der Waals surface area contributed by atoms with Crippen LogP contribution >= 0.6 is 0 Å². The van der Waals surface area contributed by atoms with Crippen LogP contribution in [0.15, 0.2) is 91.5 Å². The van der Waals surface area contributed by atoms with E-state index in [0.29, 0.717) is 23.9 Å². The van der Waals surface area contributed by atoms with Crippen LogP contribution in [-0.4, -0.2) is 98.1 Å². The number of carbonyl (C=O) groups excluding carboxylic acids is 1. The molecule has 0 aliphatic rings. The minimum atomic E-state index is -5.00. The third-order valence-corrected chi connectivity index (χ3v) is 10.4. The minimum Gasteiger partial charge on any atom is -0.506 e. The number of phenolic OH excluding ortho intramolecular Hbond substituents is 1. The molecule has 5 N–H and O–H groups in total. The molecule has 17 heteroatoms. The molecule has 0 fully saturated rings. The Morgan fingerprint density at radius 1 is 0.741 bits per heavy atom. The van der Waals surface area contributed by atoms with Gasteiger partial charge >= 0.3 is 5.56 Å². The molecule has 0 aliphatic carbocycles. The van der Waals surface area contributed by atoms with Gasteiger partial charge in [-0.2, -0.15) is 16.8 Å². The number of H-pyrrole nitrogens is 1. The van der Waals surface area contributed by atoms with Crippen molar-refractivity contribution < 1.29 is 35.8 Å². The van der Waals surface area contributed by atoms with E-state index in [0.717, 1.165) is 29.5 Å². The zero-order valence-corrected chi connectivity index (χ0v) is 35.5. The number of carbonyl (C=O) groups is 1. The van der Waals surface area contributed by atoms with Crippen LogP contribution < -0.4 is 10.9 Å². The quantitative estimate of drug-likeness (QED) is 0.0236. The first kappa shape index (κ1) is 45.4. The topological polar surface area (TPSA) is 221 Å². The molecule has 0 saturated heterocycles. The molecule has 0 saturated carbocycles. The van der Waals surface area contributed by atoms with E-state index in [2.05, 4.69) is 27.6 Å². The second-order valence-electron chi connectivity index (χ2n) is 12.9. The first-order valence-electron chi connectivity index (χ1n) is 17.8. The average Bonchev–Trinajstić information content (AvgIpc) is 3.43. The maximum Gasteiger partial charge on any atom is 0.301 e. The third kappa shape index (κ3) is 13.9. The van der Waals surface area contributed by atoms with Gasteiger partial charge in [-0.05, 0) is 60.9 Å². The van der Waals surface area contributed by atoms with Gasteiger partial charge in [0.1, 0.15) is 11.4 Å². The molecule has 54 heavy (non-hydrogen) atoms. The zero-order valence-electron chi connectivity index (χ0n) is 30.7. The number of aromatic nitrogens is 2. The van der Waals surface area contributed by atoms with E-state index in [4.69, 9.17) is 0 Å². The molecule has 1 aromatic heterocycles. The fraction of sp³-hybridized carbons (Fsp3) is 0.405. The predicted octanol–water partition coefficient (Wildman–Crippen LogP) is 8.29. The van der Waals surface area contributed by atoms with Gasteiger partial charge in [0, 0.05) is 56.9 Å². The van der Waals surface area contributed by atoms with Crippen LogP contribution in [-0.2, 0) is 26.7 Å². The van der Waals surface area contributed by atoms with Crippen molar-refractivity contribution >= 4 is 94.7 Å². The second-order valence-corrected chi connectivity index (χ2v) is 15.8. The van der Waals surface area contributed by atoms with Gasteiger partial charge in [-0.1, -0.05) is 108 Å². The molecule has 14 nitrogen and oxygen atoms in total. The minimum absolute atomic E-state index is 0. The number of aryl methyl sites for hydroxylation is 1. The van der Waals surface area contributed by atoms with Crippen LogP contribution in [0.2, 0.25) is 0 Å². The molecular weight excluding hydrogens is 762 g/mol. The Morgan fingerprint density at radius 2 is 1.28 bits per heavy atom. The molecule has 1 radical (unpaired) electrons. The van der Waals surface area contributed by atoms with Crippen molar-refractivity contribution in [2.24, 2.45) is 10.2 Å². The van der Waals surface area contributed by atoms with Crippen molar-refractivity contribution in [3.8, 4) is 11.4 Å². The molecule has 1 heterocycles. The Labute approximate surface area is 358 Å². The smallest absolute Gasteiger partial charge is 0.301 e. The number of phenols is 1. The van der Waals surface area contributed by atoms with E-state index < -0.39 is 52.7 Å². The number of benzene rings is 3. The Morgan fingerprint density at radius 3 is 1.80 bits per heavy atom. The normalized spacial score (nSPS) is 11.8. The van der Waals surface area contributed by atoms with Gasteiger partial charge < -0.3 is 10.4 Å². The number of unbranched alkanes of at least 4 members (excludes halogenated alkanes) is 12. The van der Waals surface area contributed by atoms with Gasteiger partial charge in [-0.25, -0.2) is 4.68 Å². The molecule has 1 amide bonds. The van der Waals surface area contributed by atoms with Crippen molar-refractivity contribution in [1.82, 2.24) is 9.78 Å². The van der Waals surface area contributed by atoms with Crippen LogP contribution in [0.3, 0.4) is 0 Å². The molecule has 0 aliphatic heterocycles. The number of nitrogens with one attached hydrogen (secondary N) is 2. The summed E-state index contributed by atoms with van der Waals surface area (Å²) in [7, 11) is -10.00. The number of anilines is 1. The first-order valence-corrected chi connectivity index (χ1v) is 20.7. The number of amides is 1. The van der Waals surface area contributed by atoms with Crippen LogP contribution in [0.1, 0.15) is 106 Å². The largest absolute Gasteiger partial charge is 0.506 e. The summed E-state index contributed by atoms with van der Waals surface area (Å²) in [4.78, 5) is 24.8. The van der Waals surface area contributed by atoms with Crippen LogP contribution in [0.25, 0.3) is 5.69 Å². The van der Waals surface area contributed by atoms with Crippen molar-refractivity contribution in [1.29, 1.82) is 0 Å². The standard InChI is InChI=1S/C37H47N5O9S2.K/c1-2-3-4-5-6-7-8-9-10-11-12-13-15-18-27-21-22-32(33(43)23-27)39-40-34-35(41-42(37(34)45)29-19-16-14-17-20-29)38-36(44)28-24-30(52(46,47)48)26-31(25-28)53(49,50)51;/h14,16-17,19-26,41,43H,2-13,15,18H2,1H3,(H,38,44)(H,46,47,48)(H,49,50,51);. The molecule has 0 unspecified atom stereocenters. The SMILES string of the molecule is CCCCCCCCCCCCCCCc1ccc(N=Nc2c(NC(=O)c3cc(S(=O)(=O)O)cc(S(=O)(=O)O)c3)[nH]n(-c3ccccc3)c2=O)c(O)c1.[K]. The molecule has 3 aromatic carbocycles. The summed E-state index contributed by atoms with van der Waals surface area (Å²) < 4.78 is 67.1. The van der Waals surface area contributed by atoms with Crippen molar-refractivity contribution in [3.63, 3.8) is 0 Å². The average molecular weight is 809 g/mol. The van der Waals surface area contributed by atoms with E-state index in [9.17, 15) is 40.6 Å². The van der Waals surface area contributed by atoms with Crippen molar-refractivity contribution in [3.05, 3.63) is 88.2 Å². The maximum atomic E-state index is 13.5. The first-order chi connectivity index (χ1) is 25.3. The maximum absolute atomic E-state index is 13.5. The summed E-state index contributed by atoms with van der Waals surface area (Å²) in [5.74, 6) is -1.60. The van der Waals surface area contributed by atoms with E-state index in [1.807, 2.05) is 6.07 Å². The Balaban J connectivity index is 0.00000784. The van der Waals surface area contributed by atoms with Gasteiger partial charge in [0.2, 0.25) is 0 Å². The molecular formula is C37H47KN5O9S2. The Kier molecular flexibility index (Phi) is 18.4. The summed E-state index contributed by atoms with van der Waals surface area (Å²) in [6.07, 6.45) is 17.1. The van der Waals surface area contributed by atoms with Crippen molar-refractivity contribution in [2.45, 2.75) is 107 Å². The number of hydrogen-bond donors (Lipinski definition) is 5. The molecule has 0 atom stereocenters. The Bertz CT molecular complexity index is 2100. The summed E-state index contributed by atoms with van der Waals surface area (Å²) in [5, 5.41) is 23.8. The predicted molar refractivity (Wildman–Crippen MR) is 208 cm³/mol. The van der Waals surface area contributed by atoms with Gasteiger partial charge in [-0.3, -0.25) is 23.8 Å². The fourth-order valence-corrected chi connectivity index (χ4v) is 6.99. The summed E-state index contributed by atoms with van der Waals surface area (Å²) >= 11 is 0. The van der Waals surface area contributed by atoms with E-state index in [-0.39, 0.29) is 68.6 Å². The van der Waals surface area contributed by atoms with E-state index in [1.165, 1.54) is 70.6 Å². The van der Waals surface area contributed by atoms with Gasteiger partial charge in [-0.15, -0.1) is 10.2 Å². The van der Waals surface area contributed by atoms with Gasteiger partial charge in [0.25, 0.3) is 26.1 Å². The van der Waals surface area contributed by atoms with Gasteiger partial charge in [0.15, 0.2) is 11.5 Å². The van der Waals surface area contributed by atoms with Crippen LogP contribution in [0.5, 0.6) is 5.75 Å². The Hall–Kier alpha value is -3.00. The van der Waals surface area contributed by atoms with Crippen LogP contribution in [0, 0.1) is 0 Å². The monoisotopic (exact) mass is 808 g/mol. The summed E-state index contributed by atoms with van der Waals surface area (Å²) in [6.45, 7) is 2.24. The molecule has 287 valence electrons. The fourth-order valence-electron chi connectivity index (χ4n) is 5.81.